The number of likely N-dealkylation sites (tertiary alicyclic amines) is 1. The molecule has 3 aromatic heterocycles. The summed E-state index contributed by atoms with van der Waals surface area (Å²) in [5.41, 5.74) is 6.86. The van der Waals surface area contributed by atoms with Crippen molar-refractivity contribution in [1.82, 2.24) is 35.8 Å². The van der Waals surface area contributed by atoms with Crippen molar-refractivity contribution in [3.8, 4) is 29.0 Å². The lowest BCUT2D eigenvalue weighted by Gasteiger charge is -2.21. The highest BCUT2D eigenvalue weighted by atomic mass is 35.5. The number of ether oxygens (including phenoxy) is 2. The molecule has 6 heterocycles. The number of pyridine rings is 3. The number of amides is 3. The molecular formula is C47H45Cl2N9O5. The Morgan fingerprint density at radius 1 is 0.984 bits per heavy atom. The highest BCUT2D eigenvalue weighted by molar-refractivity contribution is 6.37. The predicted octanol–water partition coefficient (Wildman–Crippen LogP) is 6.69. The van der Waals surface area contributed by atoms with Crippen molar-refractivity contribution in [2.24, 2.45) is 5.41 Å². The molecule has 9 rings (SSSR count). The fraction of sp³-hybridized carbons (Fsp3) is 0.340. The minimum absolute atomic E-state index is 0.0332. The lowest BCUT2D eigenvalue weighted by atomic mass is 9.86. The fourth-order valence-electron chi connectivity index (χ4n) is 9.10. The summed E-state index contributed by atoms with van der Waals surface area (Å²) in [6, 6.07) is 20.8. The number of rotatable bonds is 14. The van der Waals surface area contributed by atoms with Crippen molar-refractivity contribution in [3.63, 3.8) is 0 Å². The van der Waals surface area contributed by atoms with E-state index in [1.165, 1.54) is 6.20 Å². The van der Waals surface area contributed by atoms with Gasteiger partial charge < -0.3 is 30.7 Å². The van der Waals surface area contributed by atoms with Crippen LogP contribution in [-0.4, -0.2) is 69.8 Å². The zero-order chi connectivity index (χ0) is 43.5. The minimum atomic E-state index is -0.376. The number of carbonyl (C=O) groups excluding carboxylic acids is 3. The number of hydrogen-bond acceptors (Lipinski definition) is 11. The topological polar surface area (TPSA) is 183 Å². The Hall–Kier alpha value is -6.11. The highest BCUT2D eigenvalue weighted by Crippen LogP contribution is 2.44. The van der Waals surface area contributed by atoms with Crippen molar-refractivity contribution in [2.45, 2.75) is 70.4 Å². The van der Waals surface area contributed by atoms with Crippen molar-refractivity contribution < 1.29 is 23.9 Å². The number of halogens is 2. The van der Waals surface area contributed by atoms with Gasteiger partial charge in [0.25, 0.3) is 5.91 Å². The Balaban J connectivity index is 0.885. The monoisotopic (exact) mass is 885 g/mol. The molecule has 14 nitrogen and oxygen atoms in total. The van der Waals surface area contributed by atoms with Gasteiger partial charge >= 0.3 is 0 Å². The van der Waals surface area contributed by atoms with Crippen LogP contribution in [0.15, 0.2) is 79.3 Å². The van der Waals surface area contributed by atoms with Gasteiger partial charge in [-0.1, -0.05) is 59.6 Å². The van der Waals surface area contributed by atoms with Gasteiger partial charge in [0, 0.05) is 92.3 Å². The van der Waals surface area contributed by atoms with Gasteiger partial charge in [-0.25, -0.2) is 4.98 Å². The third kappa shape index (κ3) is 9.47. The SMILES string of the molecule is N#Cc1cncc(COc2nc(O[C@H]3CCc4c(-c5cccc(C(=O)Nc6ccc(CN7CCC8(CNC(=O)C8)C7)cn6)c5Cl)cccc43)c(Cl)cc2CNC[C@@H]2CCC(=O)N2)c1. The average Bonchev–Trinajstić information content (AvgIpc) is 4.09. The second-order valence-electron chi connectivity index (χ2n) is 16.8. The second-order valence-corrected chi connectivity index (χ2v) is 17.5. The first kappa shape index (κ1) is 42.2. The molecule has 3 aliphatic heterocycles. The summed E-state index contributed by atoms with van der Waals surface area (Å²) in [7, 11) is 0. The maximum absolute atomic E-state index is 13.6. The van der Waals surface area contributed by atoms with Crippen molar-refractivity contribution in [1.29, 1.82) is 5.26 Å². The second kappa shape index (κ2) is 18.3. The molecule has 3 amide bonds. The van der Waals surface area contributed by atoms with Gasteiger partial charge in [-0.15, -0.1) is 0 Å². The van der Waals surface area contributed by atoms with Crippen molar-refractivity contribution >= 4 is 46.7 Å². The average molecular weight is 887 g/mol. The molecule has 0 radical (unpaired) electrons. The number of fused-ring (bicyclic) bond motifs is 1. The fourth-order valence-corrected chi connectivity index (χ4v) is 9.63. The number of nitrogens with one attached hydrogen (secondary N) is 4. The van der Waals surface area contributed by atoms with Gasteiger partial charge in [0.15, 0.2) is 0 Å². The molecule has 1 aliphatic carbocycles. The molecular weight excluding hydrogens is 841 g/mol. The molecule has 322 valence electrons. The minimum Gasteiger partial charge on any atom is -0.472 e. The number of aromatic nitrogens is 3. The summed E-state index contributed by atoms with van der Waals surface area (Å²) in [6.45, 7) is 4.33. The zero-order valence-corrected chi connectivity index (χ0v) is 35.9. The summed E-state index contributed by atoms with van der Waals surface area (Å²) < 4.78 is 12.8. The Morgan fingerprint density at radius 3 is 2.65 bits per heavy atom. The van der Waals surface area contributed by atoms with Gasteiger partial charge in [-0.3, -0.25) is 24.3 Å². The third-order valence-corrected chi connectivity index (χ3v) is 12.9. The molecule has 16 heteroatoms. The number of benzene rings is 2. The van der Waals surface area contributed by atoms with E-state index < -0.39 is 0 Å². The van der Waals surface area contributed by atoms with Crippen LogP contribution >= 0.6 is 23.2 Å². The Labute approximate surface area is 374 Å². The molecule has 0 saturated carbocycles. The molecule has 3 fully saturated rings. The van der Waals surface area contributed by atoms with E-state index in [2.05, 4.69) is 42.2 Å². The van der Waals surface area contributed by atoms with E-state index in [0.29, 0.717) is 82.8 Å². The lowest BCUT2D eigenvalue weighted by molar-refractivity contribution is -0.120. The normalized spacial score (nSPS) is 20.3. The molecule has 5 aromatic rings. The maximum atomic E-state index is 13.6. The molecule has 3 atom stereocenters. The zero-order valence-electron chi connectivity index (χ0n) is 34.4. The van der Waals surface area contributed by atoms with E-state index in [0.717, 1.165) is 66.8 Å². The van der Waals surface area contributed by atoms with E-state index in [4.69, 9.17) is 37.7 Å². The molecule has 2 aromatic carbocycles. The van der Waals surface area contributed by atoms with Gasteiger partial charge in [0.2, 0.25) is 23.6 Å². The van der Waals surface area contributed by atoms with E-state index >= 15 is 0 Å². The summed E-state index contributed by atoms with van der Waals surface area (Å²) in [4.78, 5) is 53.0. The molecule has 0 bridgehead atoms. The van der Waals surface area contributed by atoms with E-state index in [9.17, 15) is 19.6 Å². The molecule has 4 aliphatic rings. The third-order valence-electron chi connectivity index (χ3n) is 12.3. The van der Waals surface area contributed by atoms with E-state index in [1.54, 1.807) is 36.7 Å². The summed E-state index contributed by atoms with van der Waals surface area (Å²) in [5.74, 6) is 0.765. The number of anilines is 1. The molecule has 4 N–H and O–H groups in total. The van der Waals surface area contributed by atoms with Crippen LogP contribution in [0, 0.1) is 16.7 Å². The summed E-state index contributed by atoms with van der Waals surface area (Å²) in [5, 5.41) is 22.3. The first-order chi connectivity index (χ1) is 30.6. The molecule has 1 spiro atoms. The quantitative estimate of drug-likeness (QED) is 0.0932. The van der Waals surface area contributed by atoms with Crippen molar-refractivity contribution in [3.05, 3.63) is 128 Å². The Morgan fingerprint density at radius 2 is 1.86 bits per heavy atom. The summed E-state index contributed by atoms with van der Waals surface area (Å²) >= 11 is 13.9. The number of nitriles is 1. The number of hydrogen-bond donors (Lipinski definition) is 4. The van der Waals surface area contributed by atoms with Gasteiger partial charge in [-0.05, 0) is 78.7 Å². The summed E-state index contributed by atoms with van der Waals surface area (Å²) in [6.07, 6.45) is 8.73. The van der Waals surface area contributed by atoms with Gasteiger partial charge in [-0.2, -0.15) is 10.2 Å². The lowest BCUT2D eigenvalue weighted by Crippen LogP contribution is -2.35. The Bertz CT molecular complexity index is 2620. The molecule has 1 unspecified atom stereocenters. The van der Waals surface area contributed by atoms with Crippen LogP contribution in [0.2, 0.25) is 10.0 Å². The molecule has 63 heavy (non-hydrogen) atoms. The van der Waals surface area contributed by atoms with Crippen LogP contribution in [0.4, 0.5) is 5.82 Å². The smallest absolute Gasteiger partial charge is 0.258 e. The van der Waals surface area contributed by atoms with Crippen LogP contribution in [0.25, 0.3) is 11.1 Å². The van der Waals surface area contributed by atoms with Crippen LogP contribution in [0.3, 0.4) is 0 Å². The van der Waals surface area contributed by atoms with E-state index in [-0.39, 0.29) is 47.8 Å². The van der Waals surface area contributed by atoms with Gasteiger partial charge in [0.1, 0.15) is 29.6 Å². The number of carbonyl (C=O) groups is 3. The van der Waals surface area contributed by atoms with Crippen LogP contribution in [0.1, 0.15) is 81.9 Å². The molecule has 3 saturated heterocycles. The van der Waals surface area contributed by atoms with E-state index in [1.807, 2.05) is 36.4 Å². The number of nitrogens with zero attached hydrogens (tertiary/aromatic N) is 5. The van der Waals surface area contributed by atoms with Crippen LogP contribution in [0.5, 0.6) is 11.8 Å². The standard InChI is InChI=1S/C47H45Cl2N9O5/c48-38-16-31(22-52-23-32-8-12-41(59)55-32)45(62-25-30-15-29(18-50)19-51-20-30)57-46(38)63-39-10-9-34-33(3-1-4-35(34)39)36-5-2-6-37(43(36)49)44(61)56-40-11-7-28(21-53-40)24-58-14-13-47(27-58)17-42(60)54-26-47/h1-7,11,15-16,19-21,32,39,52H,8-10,12-14,17,22-27H2,(H,54,60)(H,55,59)(H,53,56,61)/t32-,39-,47?/m0/s1. The Kier molecular flexibility index (Phi) is 12.3. The first-order valence-electron chi connectivity index (χ1n) is 21.1. The van der Waals surface area contributed by atoms with Crippen LogP contribution < -0.4 is 30.7 Å². The maximum Gasteiger partial charge on any atom is 0.258 e. The first-order valence-corrected chi connectivity index (χ1v) is 21.9. The predicted molar refractivity (Wildman–Crippen MR) is 236 cm³/mol. The van der Waals surface area contributed by atoms with Crippen LogP contribution in [-0.2, 0) is 35.7 Å². The van der Waals surface area contributed by atoms with Crippen molar-refractivity contribution in [2.75, 3.05) is 31.5 Å². The highest BCUT2D eigenvalue weighted by Gasteiger charge is 2.43. The van der Waals surface area contributed by atoms with Gasteiger partial charge in [0.05, 0.1) is 16.1 Å². The largest absolute Gasteiger partial charge is 0.472 e.